The number of phosphoric ester groups is 1. The third kappa shape index (κ3) is 42.5. The Hall–Kier alpha value is -2.25. The molecule has 9 heteroatoms. The van der Waals surface area contributed by atoms with Gasteiger partial charge in [0.25, 0.3) is 0 Å². The van der Waals surface area contributed by atoms with E-state index in [1.54, 1.807) is 0 Å². The zero-order valence-corrected chi connectivity index (χ0v) is 35.2. The van der Waals surface area contributed by atoms with E-state index in [1.807, 2.05) is 0 Å². The molecule has 0 aromatic heterocycles. The van der Waals surface area contributed by atoms with Crippen LogP contribution in [0.4, 0.5) is 0 Å². The first-order chi connectivity index (χ1) is 26.3. The molecule has 0 aliphatic rings. The van der Waals surface area contributed by atoms with E-state index in [-0.39, 0.29) is 19.4 Å². The number of carbonyl (C=O) groups is 2. The molecule has 0 rings (SSSR count). The molecular weight excluding hydrogens is 699 g/mol. The molecule has 0 heterocycles. The second-order valence-corrected chi connectivity index (χ2v) is 15.5. The van der Waals surface area contributed by atoms with Crippen LogP contribution >= 0.6 is 7.82 Å². The second kappa shape index (κ2) is 40.4. The Morgan fingerprint density at radius 3 is 1.24 bits per heavy atom. The summed E-state index contributed by atoms with van der Waals surface area (Å²) in [5.74, 6) is -0.916. The lowest BCUT2D eigenvalue weighted by Crippen LogP contribution is -2.29. The van der Waals surface area contributed by atoms with Gasteiger partial charge >= 0.3 is 19.8 Å². The molecule has 0 saturated heterocycles. The molecule has 2 N–H and O–H groups in total. The molecule has 0 bridgehead atoms. The predicted molar refractivity (Wildman–Crippen MR) is 225 cm³/mol. The molecule has 1 atom stereocenters. The maximum atomic E-state index is 12.4. The largest absolute Gasteiger partial charge is 0.469 e. The summed E-state index contributed by atoms with van der Waals surface area (Å²) in [6.45, 7) is 3.61. The number of carbonyl (C=O) groups excluding carboxylic acids is 2. The van der Waals surface area contributed by atoms with Gasteiger partial charge < -0.3 is 19.3 Å². The molecule has 0 radical (unpaired) electrons. The van der Waals surface area contributed by atoms with Crippen LogP contribution in [-0.2, 0) is 28.2 Å². The fraction of sp³-hybridized carbons (Fsp3) is 0.733. The van der Waals surface area contributed by atoms with Crippen LogP contribution in [0.25, 0.3) is 0 Å². The zero-order valence-electron chi connectivity index (χ0n) is 34.4. The van der Waals surface area contributed by atoms with Crippen molar-refractivity contribution in [1.82, 2.24) is 0 Å². The molecule has 0 amide bonds. The molecule has 0 unspecified atom stereocenters. The monoisotopic (exact) mass is 779 g/mol. The van der Waals surface area contributed by atoms with E-state index in [9.17, 15) is 14.2 Å². The molecule has 0 aliphatic carbocycles. The lowest BCUT2D eigenvalue weighted by atomic mass is 10.1. The second-order valence-electron chi connectivity index (χ2n) is 14.3. The summed E-state index contributed by atoms with van der Waals surface area (Å²) in [5, 5.41) is 0. The summed E-state index contributed by atoms with van der Waals surface area (Å²) in [6, 6.07) is 0. The molecule has 0 aromatic carbocycles. The van der Waals surface area contributed by atoms with E-state index in [1.165, 1.54) is 83.5 Å². The predicted octanol–water partition coefficient (Wildman–Crippen LogP) is 13.3. The third-order valence-corrected chi connectivity index (χ3v) is 9.49. The standard InChI is InChI=1S/C45H79O8P/c1-3-5-7-9-11-13-15-17-19-21-22-24-26-28-30-32-34-36-38-40-45(47)53-43(42-52-54(48,49)50)41-51-44(46)39-37-35-33-31-29-27-25-23-20-18-16-14-12-10-8-6-4-2/h11-14,17-20,25,27,43H,3-10,15-16,21-24,26,28-42H2,1-2H3,(H2,48,49,50)/b13-11-,14-12-,19-17-,20-18-,27-25-/t43-/m1/s1. The number of ether oxygens (including phenoxy) is 2. The van der Waals surface area contributed by atoms with Crippen molar-refractivity contribution in [3.05, 3.63) is 60.8 Å². The highest BCUT2D eigenvalue weighted by molar-refractivity contribution is 7.46. The lowest BCUT2D eigenvalue weighted by molar-refractivity contribution is -0.161. The van der Waals surface area contributed by atoms with Crippen LogP contribution in [0.2, 0.25) is 0 Å². The Morgan fingerprint density at radius 2 is 0.833 bits per heavy atom. The van der Waals surface area contributed by atoms with Gasteiger partial charge in [-0.05, 0) is 83.5 Å². The quantitative estimate of drug-likeness (QED) is 0.0274. The van der Waals surface area contributed by atoms with E-state index in [4.69, 9.17) is 19.3 Å². The van der Waals surface area contributed by atoms with Crippen molar-refractivity contribution >= 4 is 19.8 Å². The van der Waals surface area contributed by atoms with Gasteiger partial charge in [-0.2, -0.15) is 0 Å². The first-order valence-corrected chi connectivity index (χ1v) is 23.1. The van der Waals surface area contributed by atoms with Crippen molar-refractivity contribution in [3.8, 4) is 0 Å². The maximum Gasteiger partial charge on any atom is 0.469 e. The highest BCUT2D eigenvalue weighted by Crippen LogP contribution is 2.36. The van der Waals surface area contributed by atoms with Crippen molar-refractivity contribution < 1.29 is 37.9 Å². The molecule has 0 saturated carbocycles. The molecule has 0 spiro atoms. The highest BCUT2D eigenvalue weighted by Gasteiger charge is 2.22. The number of unbranched alkanes of at least 4 members (excludes halogenated alkanes) is 19. The van der Waals surface area contributed by atoms with Gasteiger partial charge in [0.2, 0.25) is 0 Å². The van der Waals surface area contributed by atoms with E-state index < -0.39 is 32.5 Å². The van der Waals surface area contributed by atoms with Crippen molar-refractivity contribution in [3.63, 3.8) is 0 Å². The zero-order chi connectivity index (χ0) is 39.6. The van der Waals surface area contributed by atoms with Gasteiger partial charge in [-0.3, -0.25) is 14.1 Å². The van der Waals surface area contributed by atoms with Crippen LogP contribution in [0.3, 0.4) is 0 Å². The number of rotatable bonds is 39. The fourth-order valence-electron chi connectivity index (χ4n) is 5.76. The van der Waals surface area contributed by atoms with Crippen LogP contribution < -0.4 is 0 Å². The van der Waals surface area contributed by atoms with Crippen LogP contribution in [-0.4, -0.2) is 41.0 Å². The average molecular weight is 779 g/mol. The van der Waals surface area contributed by atoms with E-state index in [0.29, 0.717) is 12.8 Å². The van der Waals surface area contributed by atoms with Crippen molar-refractivity contribution in [2.75, 3.05) is 13.2 Å². The summed E-state index contributed by atoms with van der Waals surface area (Å²) < 4.78 is 26.4. The topological polar surface area (TPSA) is 119 Å². The van der Waals surface area contributed by atoms with E-state index >= 15 is 0 Å². The molecule has 8 nitrogen and oxygen atoms in total. The van der Waals surface area contributed by atoms with Crippen LogP contribution in [0, 0.1) is 0 Å². The van der Waals surface area contributed by atoms with Gasteiger partial charge in [0.1, 0.15) is 6.61 Å². The van der Waals surface area contributed by atoms with Crippen molar-refractivity contribution in [2.45, 2.75) is 200 Å². The summed E-state index contributed by atoms with van der Waals surface area (Å²) in [7, 11) is -4.76. The first-order valence-electron chi connectivity index (χ1n) is 21.6. The Morgan fingerprint density at radius 1 is 0.481 bits per heavy atom. The summed E-state index contributed by atoms with van der Waals surface area (Å²) in [5.41, 5.74) is 0. The number of allylic oxidation sites excluding steroid dienone is 10. The summed E-state index contributed by atoms with van der Waals surface area (Å²) in [4.78, 5) is 42.9. The number of hydrogen-bond acceptors (Lipinski definition) is 6. The van der Waals surface area contributed by atoms with Gasteiger partial charge in [0.05, 0.1) is 6.61 Å². The molecular formula is C45H79O8P. The molecule has 0 aliphatic heterocycles. The number of esters is 2. The molecule has 54 heavy (non-hydrogen) atoms. The van der Waals surface area contributed by atoms with Crippen LogP contribution in [0.5, 0.6) is 0 Å². The van der Waals surface area contributed by atoms with E-state index in [2.05, 4.69) is 79.1 Å². The van der Waals surface area contributed by atoms with Gasteiger partial charge in [0, 0.05) is 12.8 Å². The first kappa shape index (κ1) is 51.8. The van der Waals surface area contributed by atoms with Crippen LogP contribution in [0.15, 0.2) is 60.8 Å². The third-order valence-electron chi connectivity index (χ3n) is 9.01. The number of hydrogen-bond donors (Lipinski definition) is 2. The fourth-order valence-corrected chi connectivity index (χ4v) is 6.12. The average Bonchev–Trinajstić information content (AvgIpc) is 3.14. The Balaban J connectivity index is 3.96. The Bertz CT molecular complexity index is 1060. The minimum Gasteiger partial charge on any atom is -0.462 e. The lowest BCUT2D eigenvalue weighted by Gasteiger charge is -2.18. The highest BCUT2D eigenvalue weighted by atomic mass is 31.2. The SMILES string of the molecule is CCCCC/C=C\C/C=C\C/C=C\CCCCCCC(=O)OC[C@H](COP(=O)(O)O)OC(=O)CCCCCCCCCCC/C=C\C/C=C\CCCCC. The number of phosphoric acid groups is 1. The minimum atomic E-state index is -4.76. The van der Waals surface area contributed by atoms with Gasteiger partial charge in [-0.1, -0.05) is 158 Å². The molecule has 0 fully saturated rings. The van der Waals surface area contributed by atoms with Gasteiger partial charge in [-0.15, -0.1) is 0 Å². The van der Waals surface area contributed by atoms with Crippen molar-refractivity contribution in [1.29, 1.82) is 0 Å². The minimum absolute atomic E-state index is 0.200. The van der Waals surface area contributed by atoms with Gasteiger partial charge in [-0.25, -0.2) is 4.57 Å². The molecule has 0 aromatic rings. The van der Waals surface area contributed by atoms with Crippen LogP contribution in [0.1, 0.15) is 194 Å². The van der Waals surface area contributed by atoms with Gasteiger partial charge in [0.15, 0.2) is 6.10 Å². The smallest absolute Gasteiger partial charge is 0.462 e. The summed E-state index contributed by atoms with van der Waals surface area (Å²) in [6.07, 6.45) is 50.8. The Labute approximate surface area is 330 Å². The Kier molecular flexibility index (Phi) is 38.7. The normalized spacial score (nSPS) is 13.0. The maximum absolute atomic E-state index is 12.4. The summed E-state index contributed by atoms with van der Waals surface area (Å²) >= 11 is 0. The molecule has 312 valence electrons. The van der Waals surface area contributed by atoms with E-state index in [0.717, 1.165) is 70.6 Å². The van der Waals surface area contributed by atoms with Crippen molar-refractivity contribution in [2.24, 2.45) is 0 Å².